The molecule has 0 spiro atoms. The van der Waals surface area contributed by atoms with E-state index in [4.69, 9.17) is 0 Å². The molecule has 5 rings (SSSR count). The van der Waals surface area contributed by atoms with Crippen LogP contribution in [0, 0.1) is 5.92 Å². The molecule has 3 aromatic rings. The normalized spacial score (nSPS) is 18.5. The van der Waals surface area contributed by atoms with Crippen molar-refractivity contribution in [1.29, 1.82) is 0 Å². The number of hydrogen-bond donors (Lipinski definition) is 1. The molecule has 2 fully saturated rings. The Balaban J connectivity index is 1.42. The number of carboxylic acids is 1. The van der Waals surface area contributed by atoms with Gasteiger partial charge in [0.1, 0.15) is 6.04 Å². The average Bonchev–Trinajstić information content (AvgIpc) is 3.26. The monoisotopic (exact) mass is 582 g/mol. The summed E-state index contributed by atoms with van der Waals surface area (Å²) < 4.78 is 0. The van der Waals surface area contributed by atoms with Crippen LogP contribution in [-0.4, -0.2) is 94.5 Å². The lowest BCUT2D eigenvalue weighted by Crippen LogP contribution is -2.65. The molecule has 1 unspecified atom stereocenters. The summed E-state index contributed by atoms with van der Waals surface area (Å²) in [5.74, 6) is -1.16. The summed E-state index contributed by atoms with van der Waals surface area (Å²) in [5.41, 5.74) is 2.68. The zero-order chi connectivity index (χ0) is 30.6. The van der Waals surface area contributed by atoms with Gasteiger partial charge in [-0.2, -0.15) is 0 Å². The largest absolute Gasteiger partial charge is 0.480 e. The van der Waals surface area contributed by atoms with Crippen LogP contribution in [0.3, 0.4) is 0 Å². The van der Waals surface area contributed by atoms with E-state index in [2.05, 4.69) is 77.7 Å². The number of hydrogen-bond acceptors (Lipinski definition) is 4. The molecular formula is C35H42N4O4. The van der Waals surface area contributed by atoms with Gasteiger partial charge < -0.3 is 19.8 Å². The predicted octanol–water partition coefficient (Wildman–Crippen LogP) is 4.75. The molecule has 226 valence electrons. The van der Waals surface area contributed by atoms with Gasteiger partial charge in [0.2, 0.25) is 5.91 Å². The lowest BCUT2D eigenvalue weighted by molar-refractivity contribution is -0.145. The highest BCUT2D eigenvalue weighted by atomic mass is 16.4. The Morgan fingerprint density at radius 3 is 1.63 bits per heavy atom. The van der Waals surface area contributed by atoms with Crippen molar-refractivity contribution in [2.75, 3.05) is 39.8 Å². The van der Waals surface area contributed by atoms with Crippen LogP contribution in [-0.2, 0) is 15.1 Å². The number of amides is 3. The van der Waals surface area contributed by atoms with Crippen molar-refractivity contribution in [3.63, 3.8) is 0 Å². The third-order valence-corrected chi connectivity index (χ3v) is 8.99. The van der Waals surface area contributed by atoms with Crippen molar-refractivity contribution in [2.45, 2.75) is 44.3 Å². The number of carbonyl (C=O) groups excluding carboxylic acids is 2. The second-order valence-corrected chi connectivity index (χ2v) is 11.9. The number of aliphatic carboxylic acids is 1. The van der Waals surface area contributed by atoms with E-state index in [0.29, 0.717) is 32.6 Å². The van der Waals surface area contributed by atoms with Gasteiger partial charge in [-0.15, -0.1) is 0 Å². The fourth-order valence-corrected chi connectivity index (χ4v) is 6.86. The van der Waals surface area contributed by atoms with Gasteiger partial charge in [0, 0.05) is 39.8 Å². The summed E-state index contributed by atoms with van der Waals surface area (Å²) in [7, 11) is 1.55. The number of benzene rings is 3. The van der Waals surface area contributed by atoms with Crippen molar-refractivity contribution >= 4 is 17.9 Å². The van der Waals surface area contributed by atoms with E-state index in [-0.39, 0.29) is 23.9 Å². The molecule has 43 heavy (non-hydrogen) atoms. The molecule has 2 aliphatic rings. The number of likely N-dealkylation sites (N-methyl/N-ethyl adjacent to an activating group) is 1. The van der Waals surface area contributed by atoms with Gasteiger partial charge >= 0.3 is 12.0 Å². The first-order valence-electron chi connectivity index (χ1n) is 15.2. The molecule has 3 amide bonds. The maximum absolute atomic E-state index is 14.3. The molecule has 0 bridgehead atoms. The van der Waals surface area contributed by atoms with E-state index >= 15 is 0 Å². The molecule has 8 heteroatoms. The Morgan fingerprint density at radius 1 is 0.744 bits per heavy atom. The lowest BCUT2D eigenvalue weighted by atomic mass is 9.72. The maximum Gasteiger partial charge on any atom is 0.326 e. The van der Waals surface area contributed by atoms with Gasteiger partial charge in [0.15, 0.2) is 0 Å². The highest BCUT2D eigenvalue weighted by Crippen LogP contribution is 2.47. The third kappa shape index (κ3) is 5.76. The highest BCUT2D eigenvalue weighted by molar-refractivity contribution is 5.84. The van der Waals surface area contributed by atoms with Crippen molar-refractivity contribution in [3.8, 4) is 0 Å². The van der Waals surface area contributed by atoms with E-state index in [9.17, 15) is 19.5 Å². The van der Waals surface area contributed by atoms with E-state index in [1.807, 2.05) is 23.1 Å². The summed E-state index contributed by atoms with van der Waals surface area (Å²) >= 11 is 0. The van der Waals surface area contributed by atoms with E-state index < -0.39 is 17.6 Å². The summed E-state index contributed by atoms with van der Waals surface area (Å²) in [5, 5.41) is 9.69. The van der Waals surface area contributed by atoms with Gasteiger partial charge in [0.05, 0.1) is 11.6 Å². The van der Waals surface area contributed by atoms with Gasteiger partial charge in [0.25, 0.3) is 0 Å². The van der Waals surface area contributed by atoms with Crippen molar-refractivity contribution < 1.29 is 19.5 Å². The number of nitrogens with zero attached hydrogens (tertiary/aromatic N) is 4. The molecule has 0 aliphatic carbocycles. The molecule has 2 heterocycles. The third-order valence-electron chi connectivity index (χ3n) is 8.99. The average molecular weight is 583 g/mol. The van der Waals surface area contributed by atoms with Crippen LogP contribution >= 0.6 is 0 Å². The Hall–Kier alpha value is -4.17. The Kier molecular flexibility index (Phi) is 9.16. The quantitative estimate of drug-likeness (QED) is 0.388. The van der Waals surface area contributed by atoms with Gasteiger partial charge in [-0.3, -0.25) is 9.69 Å². The minimum absolute atomic E-state index is 0.0756. The Morgan fingerprint density at radius 2 is 1.21 bits per heavy atom. The van der Waals surface area contributed by atoms with Crippen LogP contribution in [0.5, 0.6) is 0 Å². The molecule has 8 nitrogen and oxygen atoms in total. The van der Waals surface area contributed by atoms with Crippen molar-refractivity contribution in [2.24, 2.45) is 5.92 Å². The van der Waals surface area contributed by atoms with E-state index in [0.717, 1.165) is 29.7 Å². The standard InChI is InChI=1S/C35H42N4O4/c1-26(2)31(33(41)42)36(3)34(43)38-22-13-21-37(24-25-38)32(40)30-20-23-39(30)35(27-14-7-4-8-15-27,28-16-9-5-10-17-28)29-18-11-6-12-19-29/h4-12,14-19,26,30-31H,13,20-25H2,1-3H3,(H,41,42)/t30-,31?/m1/s1. The topological polar surface area (TPSA) is 84.4 Å². The summed E-state index contributed by atoms with van der Waals surface area (Å²) in [6, 6.07) is 29.7. The van der Waals surface area contributed by atoms with Crippen LogP contribution in [0.1, 0.15) is 43.4 Å². The molecule has 1 N–H and O–H groups in total. The van der Waals surface area contributed by atoms with Gasteiger partial charge in [-0.25, -0.2) is 9.59 Å². The lowest BCUT2D eigenvalue weighted by Gasteiger charge is -2.54. The minimum Gasteiger partial charge on any atom is -0.480 e. The number of carbonyl (C=O) groups is 3. The van der Waals surface area contributed by atoms with Crippen molar-refractivity contribution in [3.05, 3.63) is 108 Å². The minimum atomic E-state index is -1.01. The first kappa shape index (κ1) is 30.3. The van der Waals surface area contributed by atoms with Gasteiger partial charge in [-0.1, -0.05) is 105 Å². The Labute approximate surface area is 254 Å². The van der Waals surface area contributed by atoms with Crippen LogP contribution in [0.25, 0.3) is 0 Å². The first-order chi connectivity index (χ1) is 20.8. The fraction of sp³-hybridized carbons (Fsp3) is 0.400. The van der Waals surface area contributed by atoms with Crippen LogP contribution < -0.4 is 0 Å². The molecule has 2 atom stereocenters. The van der Waals surface area contributed by atoms with Crippen LogP contribution in [0.4, 0.5) is 4.79 Å². The summed E-state index contributed by atoms with van der Waals surface area (Å²) in [6.07, 6.45) is 1.39. The van der Waals surface area contributed by atoms with Gasteiger partial charge in [-0.05, 0) is 35.4 Å². The smallest absolute Gasteiger partial charge is 0.326 e. The molecule has 3 aromatic carbocycles. The fourth-order valence-electron chi connectivity index (χ4n) is 6.86. The number of rotatable bonds is 8. The Bertz CT molecular complexity index is 1300. The molecule has 2 aliphatic heterocycles. The summed E-state index contributed by atoms with van der Waals surface area (Å²) in [6.45, 7) is 6.19. The molecule has 2 saturated heterocycles. The van der Waals surface area contributed by atoms with E-state index in [1.54, 1.807) is 25.8 Å². The first-order valence-corrected chi connectivity index (χ1v) is 15.2. The predicted molar refractivity (Wildman–Crippen MR) is 167 cm³/mol. The zero-order valence-corrected chi connectivity index (χ0v) is 25.3. The highest BCUT2D eigenvalue weighted by Gasteiger charge is 2.52. The zero-order valence-electron chi connectivity index (χ0n) is 25.3. The second kappa shape index (κ2) is 13.0. The van der Waals surface area contributed by atoms with Crippen molar-refractivity contribution in [1.82, 2.24) is 19.6 Å². The maximum atomic E-state index is 14.3. The molecule has 0 radical (unpaired) electrons. The summed E-state index contributed by atoms with van der Waals surface area (Å²) in [4.78, 5) is 46.7. The van der Waals surface area contributed by atoms with E-state index in [1.165, 1.54) is 4.90 Å². The number of likely N-dealkylation sites (tertiary alicyclic amines) is 1. The SMILES string of the molecule is CC(C)C(C(=O)O)N(C)C(=O)N1CCCN(C(=O)[C@H]2CCN2C(c2ccccc2)(c2ccccc2)c2ccccc2)CC1. The number of urea groups is 1. The molecule has 0 saturated carbocycles. The second-order valence-electron chi connectivity index (χ2n) is 11.9. The molecular weight excluding hydrogens is 540 g/mol. The molecule has 0 aromatic heterocycles. The number of carboxylic acid groups (broad SMARTS) is 1. The van der Waals surface area contributed by atoms with Crippen LogP contribution in [0.2, 0.25) is 0 Å². The van der Waals surface area contributed by atoms with Crippen LogP contribution in [0.15, 0.2) is 91.0 Å².